The van der Waals surface area contributed by atoms with Gasteiger partial charge < -0.3 is 10.1 Å². The van der Waals surface area contributed by atoms with Crippen molar-refractivity contribution in [2.45, 2.75) is 39.0 Å². The summed E-state index contributed by atoms with van der Waals surface area (Å²) < 4.78 is 5.63. The van der Waals surface area contributed by atoms with Gasteiger partial charge >= 0.3 is 0 Å². The van der Waals surface area contributed by atoms with Crippen molar-refractivity contribution in [1.29, 1.82) is 0 Å². The lowest BCUT2D eigenvalue weighted by Crippen LogP contribution is -2.13. The predicted molar refractivity (Wildman–Crippen MR) is 75.9 cm³/mol. The average molecular weight is 255 g/mol. The zero-order valence-corrected chi connectivity index (χ0v) is 11.7. The second kappa shape index (κ2) is 10.8. The van der Waals surface area contributed by atoms with Gasteiger partial charge in [-0.1, -0.05) is 25.8 Å². The van der Waals surface area contributed by atoms with Gasteiger partial charge in [0.25, 0.3) is 0 Å². The summed E-state index contributed by atoms with van der Waals surface area (Å²) in [7, 11) is 0. The van der Waals surface area contributed by atoms with Crippen LogP contribution in [0.25, 0.3) is 0 Å². The minimum Gasteiger partial charge on any atom is -0.381 e. The van der Waals surface area contributed by atoms with Gasteiger partial charge in [0.05, 0.1) is 6.61 Å². The van der Waals surface area contributed by atoms with E-state index in [2.05, 4.69) is 29.8 Å². The van der Waals surface area contributed by atoms with Crippen molar-refractivity contribution in [3.63, 3.8) is 0 Å². The topological polar surface area (TPSA) is 21.3 Å². The summed E-state index contributed by atoms with van der Waals surface area (Å²) in [4.78, 5) is 1.43. The average Bonchev–Trinajstić information content (AvgIpc) is 2.85. The molecule has 0 aliphatic rings. The molecule has 0 fully saturated rings. The van der Waals surface area contributed by atoms with Crippen molar-refractivity contribution in [2.24, 2.45) is 0 Å². The van der Waals surface area contributed by atoms with E-state index in [1.54, 1.807) is 0 Å². The monoisotopic (exact) mass is 255 g/mol. The Balaban J connectivity index is 1.76. The molecule has 3 heteroatoms. The molecule has 1 rings (SSSR count). The molecule has 0 radical (unpaired) electrons. The lowest BCUT2D eigenvalue weighted by molar-refractivity contribution is 0.133. The van der Waals surface area contributed by atoms with Gasteiger partial charge in [0.2, 0.25) is 0 Å². The fourth-order valence-corrected chi connectivity index (χ4v) is 2.40. The Hall–Kier alpha value is -0.380. The minimum absolute atomic E-state index is 0.873. The molecule has 0 aromatic carbocycles. The SMILES string of the molecule is CCNCCCCCCOCCc1cccs1. The molecule has 1 N–H and O–H groups in total. The van der Waals surface area contributed by atoms with Crippen LogP contribution in [0, 0.1) is 0 Å². The highest BCUT2D eigenvalue weighted by molar-refractivity contribution is 7.09. The van der Waals surface area contributed by atoms with Gasteiger partial charge in [0.15, 0.2) is 0 Å². The quantitative estimate of drug-likeness (QED) is 0.611. The minimum atomic E-state index is 0.873. The highest BCUT2D eigenvalue weighted by Gasteiger charge is 1.94. The van der Waals surface area contributed by atoms with Crippen LogP contribution in [0.15, 0.2) is 17.5 Å². The number of rotatable bonds is 11. The van der Waals surface area contributed by atoms with Crippen LogP contribution in [0.4, 0.5) is 0 Å². The molecule has 0 aliphatic heterocycles. The van der Waals surface area contributed by atoms with Gasteiger partial charge in [-0.3, -0.25) is 0 Å². The van der Waals surface area contributed by atoms with Crippen molar-refractivity contribution in [2.75, 3.05) is 26.3 Å². The van der Waals surface area contributed by atoms with Crippen LogP contribution < -0.4 is 5.32 Å². The summed E-state index contributed by atoms with van der Waals surface area (Å²) in [6.07, 6.45) is 6.18. The molecule has 0 saturated carbocycles. The number of nitrogens with one attached hydrogen (secondary N) is 1. The molecule has 2 nitrogen and oxygen atoms in total. The summed E-state index contributed by atoms with van der Waals surface area (Å²) in [5, 5.41) is 5.47. The van der Waals surface area contributed by atoms with E-state index in [9.17, 15) is 0 Å². The molecule has 1 heterocycles. The first-order valence-electron chi connectivity index (χ1n) is 6.74. The maximum atomic E-state index is 5.63. The summed E-state index contributed by atoms with van der Waals surface area (Å²) in [5.74, 6) is 0. The molecule has 98 valence electrons. The van der Waals surface area contributed by atoms with Crippen LogP contribution in [0.3, 0.4) is 0 Å². The Labute approximate surface area is 109 Å². The molecule has 0 atom stereocenters. The first kappa shape index (κ1) is 14.7. The zero-order chi connectivity index (χ0) is 12.2. The fourth-order valence-electron chi connectivity index (χ4n) is 1.71. The number of hydrogen-bond donors (Lipinski definition) is 1. The maximum absolute atomic E-state index is 5.63. The van der Waals surface area contributed by atoms with Gasteiger partial charge in [-0.2, -0.15) is 0 Å². The third-order valence-electron chi connectivity index (χ3n) is 2.72. The van der Waals surface area contributed by atoms with Crippen molar-refractivity contribution in [3.8, 4) is 0 Å². The van der Waals surface area contributed by atoms with Gasteiger partial charge in [-0.25, -0.2) is 0 Å². The number of unbranched alkanes of at least 4 members (excludes halogenated alkanes) is 3. The maximum Gasteiger partial charge on any atom is 0.0514 e. The molecule has 17 heavy (non-hydrogen) atoms. The third-order valence-corrected chi connectivity index (χ3v) is 3.65. The summed E-state index contributed by atoms with van der Waals surface area (Å²) in [5.41, 5.74) is 0. The first-order valence-corrected chi connectivity index (χ1v) is 7.62. The van der Waals surface area contributed by atoms with Gasteiger partial charge in [-0.05, 0) is 37.4 Å². The predicted octanol–water partition coefficient (Wildman–Crippen LogP) is 3.48. The second-order valence-electron chi connectivity index (χ2n) is 4.21. The van der Waals surface area contributed by atoms with Gasteiger partial charge in [0.1, 0.15) is 0 Å². The van der Waals surface area contributed by atoms with Crippen molar-refractivity contribution in [3.05, 3.63) is 22.4 Å². The molecule has 1 aromatic heterocycles. The standard InChI is InChI=1S/C14H25NOS/c1-2-15-10-5-3-4-6-11-16-12-9-14-8-7-13-17-14/h7-8,13,15H,2-6,9-12H2,1H3. The Morgan fingerprint density at radius 3 is 2.82 bits per heavy atom. The molecule has 0 aliphatic carbocycles. The summed E-state index contributed by atoms with van der Waals surface area (Å²) in [6, 6.07) is 4.28. The molecular weight excluding hydrogens is 230 g/mol. The Kier molecular flexibility index (Phi) is 9.29. The highest BCUT2D eigenvalue weighted by atomic mass is 32.1. The first-order chi connectivity index (χ1) is 8.43. The van der Waals surface area contributed by atoms with Crippen LogP contribution in [0.2, 0.25) is 0 Å². The summed E-state index contributed by atoms with van der Waals surface area (Å²) in [6.45, 7) is 6.20. The Morgan fingerprint density at radius 1 is 1.18 bits per heavy atom. The van der Waals surface area contributed by atoms with Crippen LogP contribution in [0.5, 0.6) is 0 Å². The van der Waals surface area contributed by atoms with E-state index in [-0.39, 0.29) is 0 Å². The lowest BCUT2D eigenvalue weighted by atomic mass is 10.2. The molecule has 0 spiro atoms. The van der Waals surface area contributed by atoms with E-state index in [1.807, 2.05) is 11.3 Å². The van der Waals surface area contributed by atoms with Crippen LogP contribution >= 0.6 is 11.3 Å². The largest absolute Gasteiger partial charge is 0.381 e. The zero-order valence-electron chi connectivity index (χ0n) is 10.9. The van der Waals surface area contributed by atoms with E-state index in [0.29, 0.717) is 0 Å². The fraction of sp³-hybridized carbons (Fsp3) is 0.714. The number of ether oxygens (including phenoxy) is 1. The van der Waals surface area contributed by atoms with E-state index in [4.69, 9.17) is 4.74 Å². The second-order valence-corrected chi connectivity index (χ2v) is 5.24. The number of hydrogen-bond acceptors (Lipinski definition) is 3. The summed E-state index contributed by atoms with van der Waals surface area (Å²) >= 11 is 1.82. The Bertz CT molecular complexity index is 249. The van der Waals surface area contributed by atoms with Crippen molar-refractivity contribution in [1.82, 2.24) is 5.32 Å². The van der Waals surface area contributed by atoms with Crippen LogP contribution in [0.1, 0.15) is 37.5 Å². The molecule has 0 bridgehead atoms. The van der Waals surface area contributed by atoms with Crippen LogP contribution in [-0.2, 0) is 11.2 Å². The van der Waals surface area contributed by atoms with E-state index in [0.717, 1.165) is 32.7 Å². The molecule has 0 saturated heterocycles. The smallest absolute Gasteiger partial charge is 0.0514 e. The molecule has 1 aromatic rings. The van der Waals surface area contributed by atoms with Crippen molar-refractivity contribution >= 4 is 11.3 Å². The molecule has 0 amide bonds. The molecular formula is C14H25NOS. The van der Waals surface area contributed by atoms with Gasteiger partial charge in [0, 0.05) is 17.9 Å². The number of thiophene rings is 1. The van der Waals surface area contributed by atoms with E-state index < -0.39 is 0 Å². The normalized spacial score (nSPS) is 10.9. The van der Waals surface area contributed by atoms with Gasteiger partial charge in [-0.15, -0.1) is 11.3 Å². The van der Waals surface area contributed by atoms with Crippen LogP contribution in [-0.4, -0.2) is 26.3 Å². The van der Waals surface area contributed by atoms with E-state index in [1.165, 1.54) is 30.6 Å². The molecule has 0 unspecified atom stereocenters. The highest BCUT2D eigenvalue weighted by Crippen LogP contribution is 2.09. The van der Waals surface area contributed by atoms with E-state index >= 15 is 0 Å². The Morgan fingerprint density at radius 2 is 2.06 bits per heavy atom. The lowest BCUT2D eigenvalue weighted by Gasteiger charge is -2.04. The van der Waals surface area contributed by atoms with Crippen molar-refractivity contribution < 1.29 is 4.74 Å². The third kappa shape index (κ3) is 8.36.